The topological polar surface area (TPSA) is 69.6 Å². The Bertz CT molecular complexity index is 1310. The minimum atomic E-state index is -0.997. The minimum Gasteiger partial charge on any atom is -0.477 e. The van der Waals surface area contributed by atoms with Gasteiger partial charge in [0.1, 0.15) is 5.70 Å². The predicted molar refractivity (Wildman–Crippen MR) is 135 cm³/mol. The highest BCUT2D eigenvalue weighted by Crippen LogP contribution is 2.34. The van der Waals surface area contributed by atoms with E-state index in [0.29, 0.717) is 24.1 Å². The molecule has 0 radical (unpaired) electrons. The van der Waals surface area contributed by atoms with E-state index in [2.05, 4.69) is 23.5 Å². The third kappa shape index (κ3) is 4.94. The van der Waals surface area contributed by atoms with Gasteiger partial charge in [-0.3, -0.25) is 4.79 Å². The van der Waals surface area contributed by atoms with Crippen LogP contribution in [-0.4, -0.2) is 28.4 Å². The molecule has 0 saturated heterocycles. The fourth-order valence-corrected chi connectivity index (χ4v) is 4.28. The third-order valence-electron chi connectivity index (χ3n) is 6.01. The molecule has 1 aliphatic heterocycles. The molecule has 0 saturated carbocycles. The molecule has 3 aromatic rings. The predicted octanol–water partition coefficient (Wildman–Crippen LogP) is 5.58. The lowest BCUT2D eigenvalue weighted by atomic mass is 10.0. The number of aryl methyl sites for hydroxylation is 1. The number of hydrogen-bond acceptors (Lipinski definition) is 3. The number of rotatable bonds is 7. The Morgan fingerprint density at radius 3 is 2.50 bits per heavy atom. The van der Waals surface area contributed by atoms with Crippen molar-refractivity contribution in [1.82, 2.24) is 10.2 Å². The first kappa shape index (κ1) is 23.1. The zero-order valence-electron chi connectivity index (χ0n) is 19.4. The second kappa shape index (κ2) is 10.2. The molecule has 0 aliphatic carbocycles. The SMILES string of the molecule is C/C=C\C=C1/CC(CNC(=O)c2ccc(C)cc2)=C(C(=O)O)N1Cc1cccc2ccccc12. The average molecular weight is 453 g/mol. The summed E-state index contributed by atoms with van der Waals surface area (Å²) in [5.41, 5.74) is 4.48. The van der Waals surface area contributed by atoms with E-state index < -0.39 is 5.97 Å². The summed E-state index contributed by atoms with van der Waals surface area (Å²) in [6.07, 6.45) is 6.24. The van der Waals surface area contributed by atoms with Gasteiger partial charge in [-0.05, 0) is 54.0 Å². The van der Waals surface area contributed by atoms with Gasteiger partial charge in [0.15, 0.2) is 0 Å². The Labute approximate surface area is 199 Å². The van der Waals surface area contributed by atoms with Gasteiger partial charge in [0.05, 0.1) is 0 Å². The van der Waals surface area contributed by atoms with E-state index in [1.165, 1.54) is 0 Å². The molecule has 4 rings (SSSR count). The van der Waals surface area contributed by atoms with Gasteiger partial charge in [0.2, 0.25) is 0 Å². The van der Waals surface area contributed by atoms with Gasteiger partial charge in [-0.1, -0.05) is 72.3 Å². The molecule has 0 spiro atoms. The Morgan fingerprint density at radius 1 is 1.03 bits per heavy atom. The number of nitrogens with zero attached hydrogens (tertiary/aromatic N) is 1. The number of aliphatic carboxylic acids is 1. The summed E-state index contributed by atoms with van der Waals surface area (Å²) in [7, 11) is 0. The van der Waals surface area contributed by atoms with E-state index in [9.17, 15) is 14.7 Å². The molecule has 3 aromatic carbocycles. The van der Waals surface area contributed by atoms with Crippen molar-refractivity contribution >= 4 is 22.6 Å². The summed E-state index contributed by atoms with van der Waals surface area (Å²) in [4.78, 5) is 26.9. The Balaban J connectivity index is 1.65. The van der Waals surface area contributed by atoms with Crippen molar-refractivity contribution in [3.63, 3.8) is 0 Å². The number of carboxylic acid groups (broad SMARTS) is 1. The van der Waals surface area contributed by atoms with Crippen molar-refractivity contribution in [2.75, 3.05) is 6.54 Å². The molecular formula is C29H28N2O3. The number of amides is 1. The quantitative estimate of drug-likeness (QED) is 0.491. The van der Waals surface area contributed by atoms with Gasteiger partial charge >= 0.3 is 5.97 Å². The highest BCUT2D eigenvalue weighted by molar-refractivity contribution is 5.95. The number of hydrogen-bond donors (Lipinski definition) is 2. The van der Waals surface area contributed by atoms with Crippen LogP contribution in [0.1, 0.15) is 34.8 Å². The van der Waals surface area contributed by atoms with Gasteiger partial charge < -0.3 is 15.3 Å². The molecule has 172 valence electrons. The standard InChI is InChI=1S/C29H28N2O3/c1-3-4-11-25-17-24(18-30-28(32)22-15-13-20(2)14-16-22)27(29(33)34)31(25)19-23-10-7-9-21-8-5-6-12-26(21)23/h3-16H,17-19H2,1-2H3,(H,30,32)(H,33,34)/b4-3-,25-11+. The molecule has 34 heavy (non-hydrogen) atoms. The molecule has 0 atom stereocenters. The van der Waals surface area contributed by atoms with Crippen LogP contribution in [0.25, 0.3) is 10.8 Å². The van der Waals surface area contributed by atoms with Crippen LogP contribution < -0.4 is 5.32 Å². The zero-order chi connectivity index (χ0) is 24.1. The maximum absolute atomic E-state index is 12.6. The van der Waals surface area contributed by atoms with E-state index in [0.717, 1.165) is 27.6 Å². The van der Waals surface area contributed by atoms with Crippen molar-refractivity contribution in [2.45, 2.75) is 26.8 Å². The lowest BCUT2D eigenvalue weighted by Gasteiger charge is -2.23. The molecule has 0 aromatic heterocycles. The van der Waals surface area contributed by atoms with E-state index >= 15 is 0 Å². The fourth-order valence-electron chi connectivity index (χ4n) is 4.28. The van der Waals surface area contributed by atoms with Gasteiger partial charge in [0, 0.05) is 30.8 Å². The number of allylic oxidation sites excluding steroid dienone is 4. The van der Waals surface area contributed by atoms with Crippen molar-refractivity contribution in [1.29, 1.82) is 0 Å². The number of carbonyl (C=O) groups is 2. The summed E-state index contributed by atoms with van der Waals surface area (Å²) >= 11 is 0. The fraction of sp³-hybridized carbons (Fsp3) is 0.172. The lowest BCUT2D eigenvalue weighted by molar-refractivity contribution is -0.134. The Kier molecular flexibility index (Phi) is 6.93. The monoisotopic (exact) mass is 452 g/mol. The molecule has 5 heteroatoms. The molecular weight excluding hydrogens is 424 g/mol. The summed E-state index contributed by atoms with van der Waals surface area (Å²) < 4.78 is 0. The van der Waals surface area contributed by atoms with Crippen LogP contribution in [0.4, 0.5) is 0 Å². The van der Waals surface area contributed by atoms with Crippen LogP contribution in [0.5, 0.6) is 0 Å². The molecule has 2 N–H and O–H groups in total. The van der Waals surface area contributed by atoms with Crippen molar-refractivity contribution < 1.29 is 14.7 Å². The van der Waals surface area contributed by atoms with Gasteiger partial charge in [-0.15, -0.1) is 0 Å². The summed E-state index contributed by atoms with van der Waals surface area (Å²) in [6, 6.07) is 21.5. The lowest BCUT2D eigenvalue weighted by Crippen LogP contribution is -2.27. The summed E-state index contributed by atoms with van der Waals surface area (Å²) in [6.45, 7) is 4.50. The van der Waals surface area contributed by atoms with E-state index in [1.54, 1.807) is 12.1 Å². The highest BCUT2D eigenvalue weighted by atomic mass is 16.4. The maximum Gasteiger partial charge on any atom is 0.352 e. The molecule has 5 nitrogen and oxygen atoms in total. The zero-order valence-corrected chi connectivity index (χ0v) is 19.4. The summed E-state index contributed by atoms with van der Waals surface area (Å²) in [5, 5.41) is 15.3. The highest BCUT2D eigenvalue weighted by Gasteiger charge is 2.32. The van der Waals surface area contributed by atoms with E-state index in [1.807, 2.05) is 73.4 Å². The first-order valence-electron chi connectivity index (χ1n) is 11.3. The Hall–Kier alpha value is -4.12. The van der Waals surface area contributed by atoms with Crippen LogP contribution in [0, 0.1) is 6.92 Å². The minimum absolute atomic E-state index is 0.174. The number of fused-ring (bicyclic) bond motifs is 1. The maximum atomic E-state index is 12.6. The molecule has 0 fully saturated rings. The van der Waals surface area contributed by atoms with Crippen molar-refractivity contribution in [3.8, 4) is 0 Å². The molecule has 1 aliphatic rings. The normalized spacial score (nSPS) is 15.0. The molecule has 0 bridgehead atoms. The van der Waals surface area contributed by atoms with Gasteiger partial charge in [-0.2, -0.15) is 0 Å². The number of carbonyl (C=O) groups excluding carboxylic acids is 1. The van der Waals surface area contributed by atoms with Crippen molar-refractivity contribution in [2.24, 2.45) is 0 Å². The van der Waals surface area contributed by atoms with Crippen LogP contribution in [0.2, 0.25) is 0 Å². The van der Waals surface area contributed by atoms with E-state index in [4.69, 9.17) is 0 Å². The van der Waals surface area contributed by atoms with Gasteiger partial charge in [-0.25, -0.2) is 4.79 Å². The van der Waals surface area contributed by atoms with Gasteiger partial charge in [0.25, 0.3) is 5.91 Å². The first-order valence-corrected chi connectivity index (χ1v) is 11.3. The molecule has 1 heterocycles. The molecule has 1 amide bonds. The third-order valence-corrected chi connectivity index (χ3v) is 6.01. The van der Waals surface area contributed by atoms with Crippen LogP contribution in [0.3, 0.4) is 0 Å². The van der Waals surface area contributed by atoms with Crippen LogP contribution in [0.15, 0.2) is 102 Å². The second-order valence-corrected chi connectivity index (χ2v) is 8.39. The van der Waals surface area contributed by atoms with E-state index in [-0.39, 0.29) is 18.1 Å². The summed E-state index contributed by atoms with van der Waals surface area (Å²) in [5.74, 6) is -1.22. The van der Waals surface area contributed by atoms with Crippen molar-refractivity contribution in [3.05, 3.63) is 119 Å². The van der Waals surface area contributed by atoms with Crippen LogP contribution >= 0.6 is 0 Å². The average Bonchev–Trinajstić information content (AvgIpc) is 3.19. The number of carboxylic acids is 1. The Morgan fingerprint density at radius 2 is 1.76 bits per heavy atom. The largest absolute Gasteiger partial charge is 0.477 e. The first-order chi connectivity index (χ1) is 16.5. The smallest absolute Gasteiger partial charge is 0.352 e. The number of nitrogens with one attached hydrogen (secondary N) is 1. The molecule has 0 unspecified atom stereocenters. The van der Waals surface area contributed by atoms with Crippen LogP contribution in [-0.2, 0) is 11.3 Å². The number of benzene rings is 3. The second-order valence-electron chi connectivity index (χ2n) is 8.39.